The number of nitrogens with zero attached hydrogens (tertiary/aromatic N) is 2. The summed E-state index contributed by atoms with van der Waals surface area (Å²) < 4.78 is 0. The van der Waals surface area contributed by atoms with Gasteiger partial charge in [-0.2, -0.15) is 0 Å². The number of hydrogen-bond acceptors (Lipinski definition) is 2. The number of rotatable bonds is 0. The van der Waals surface area contributed by atoms with Crippen LogP contribution in [0.1, 0.15) is 49.0 Å². The molecular formula is C14H30N2. The SMILES string of the molecule is C.CC(C)(C)N1CC2(C1)CN(C(C)(C)C)C2. The fraction of sp³-hybridized carbons (Fsp3) is 1.00. The van der Waals surface area contributed by atoms with Crippen molar-refractivity contribution in [2.75, 3.05) is 26.2 Å². The quantitative estimate of drug-likeness (QED) is 0.627. The lowest BCUT2D eigenvalue weighted by Gasteiger charge is -2.66. The molecule has 0 N–H and O–H groups in total. The average Bonchev–Trinajstić information content (AvgIpc) is 1.71. The van der Waals surface area contributed by atoms with Gasteiger partial charge in [0.05, 0.1) is 0 Å². The average molecular weight is 226 g/mol. The molecule has 0 unspecified atom stereocenters. The molecule has 2 aliphatic heterocycles. The van der Waals surface area contributed by atoms with E-state index in [-0.39, 0.29) is 7.43 Å². The molecule has 0 aromatic rings. The minimum atomic E-state index is 0. The van der Waals surface area contributed by atoms with E-state index < -0.39 is 0 Å². The van der Waals surface area contributed by atoms with Crippen molar-refractivity contribution in [2.24, 2.45) is 5.41 Å². The van der Waals surface area contributed by atoms with Crippen molar-refractivity contribution < 1.29 is 0 Å². The Morgan fingerprint density at radius 1 is 0.688 bits per heavy atom. The molecule has 2 rings (SSSR count). The van der Waals surface area contributed by atoms with Crippen molar-refractivity contribution in [3.8, 4) is 0 Å². The summed E-state index contributed by atoms with van der Waals surface area (Å²) in [5.41, 5.74) is 1.39. The van der Waals surface area contributed by atoms with Crippen LogP contribution in [0.3, 0.4) is 0 Å². The van der Waals surface area contributed by atoms with Gasteiger partial charge in [0.15, 0.2) is 0 Å². The summed E-state index contributed by atoms with van der Waals surface area (Å²) in [6.45, 7) is 19.2. The molecule has 0 aliphatic carbocycles. The van der Waals surface area contributed by atoms with Crippen molar-refractivity contribution in [2.45, 2.75) is 60.0 Å². The van der Waals surface area contributed by atoms with Crippen molar-refractivity contribution in [1.82, 2.24) is 9.80 Å². The van der Waals surface area contributed by atoms with Crippen LogP contribution in [0.15, 0.2) is 0 Å². The standard InChI is InChI=1S/C13H26N2.CH4/c1-11(2,3)14-7-13(8-14)9-15(10-13)12(4,5)6;/h7-10H2,1-6H3;1H4. The van der Waals surface area contributed by atoms with E-state index in [1.54, 1.807) is 0 Å². The molecule has 0 aromatic heterocycles. The molecule has 2 nitrogen and oxygen atoms in total. The fourth-order valence-electron chi connectivity index (χ4n) is 2.68. The first-order valence-corrected chi connectivity index (χ1v) is 6.13. The van der Waals surface area contributed by atoms with Gasteiger partial charge < -0.3 is 0 Å². The monoisotopic (exact) mass is 226 g/mol. The van der Waals surface area contributed by atoms with Gasteiger partial charge in [0.25, 0.3) is 0 Å². The Morgan fingerprint density at radius 2 is 0.938 bits per heavy atom. The van der Waals surface area contributed by atoms with Crippen LogP contribution in [0.5, 0.6) is 0 Å². The summed E-state index contributed by atoms with van der Waals surface area (Å²) in [5, 5.41) is 0. The predicted molar refractivity (Wildman–Crippen MR) is 71.8 cm³/mol. The molecule has 0 saturated carbocycles. The third-order valence-corrected chi connectivity index (χ3v) is 4.00. The van der Waals surface area contributed by atoms with Gasteiger partial charge in [-0.15, -0.1) is 0 Å². The molecule has 0 atom stereocenters. The van der Waals surface area contributed by atoms with E-state index in [9.17, 15) is 0 Å². The highest BCUT2D eigenvalue weighted by molar-refractivity contribution is 5.10. The van der Waals surface area contributed by atoms with Crippen LogP contribution in [-0.2, 0) is 0 Å². The first-order chi connectivity index (χ1) is 6.62. The van der Waals surface area contributed by atoms with Crippen LogP contribution in [0.4, 0.5) is 0 Å². The Labute approximate surface area is 102 Å². The highest BCUT2D eigenvalue weighted by atomic mass is 15.4. The zero-order valence-electron chi connectivity index (χ0n) is 11.2. The van der Waals surface area contributed by atoms with Gasteiger partial charge in [0.2, 0.25) is 0 Å². The molecule has 0 aromatic carbocycles. The summed E-state index contributed by atoms with van der Waals surface area (Å²) in [6, 6.07) is 0. The lowest BCUT2D eigenvalue weighted by molar-refractivity contribution is -0.167. The maximum atomic E-state index is 2.60. The Hall–Kier alpha value is -0.0800. The highest BCUT2D eigenvalue weighted by Gasteiger charge is 2.55. The second-order valence-corrected chi connectivity index (χ2v) is 7.55. The van der Waals surface area contributed by atoms with Crippen molar-refractivity contribution in [3.05, 3.63) is 0 Å². The topological polar surface area (TPSA) is 6.48 Å². The zero-order chi connectivity index (χ0) is 11.5. The van der Waals surface area contributed by atoms with E-state index in [1.807, 2.05) is 0 Å². The molecule has 0 radical (unpaired) electrons. The lowest BCUT2D eigenvalue weighted by atomic mass is 9.69. The second-order valence-electron chi connectivity index (χ2n) is 7.55. The normalized spacial score (nSPS) is 25.9. The molecule has 96 valence electrons. The molecule has 2 saturated heterocycles. The van der Waals surface area contributed by atoms with Crippen LogP contribution in [0.2, 0.25) is 0 Å². The maximum Gasteiger partial charge on any atom is 0.0213 e. The van der Waals surface area contributed by atoms with Crippen LogP contribution >= 0.6 is 0 Å². The molecule has 1 spiro atoms. The predicted octanol–water partition coefficient (Wildman–Crippen LogP) is 2.84. The molecule has 2 heterocycles. The Balaban J connectivity index is 0.00000128. The molecular weight excluding hydrogens is 196 g/mol. The first kappa shape index (κ1) is 14.0. The number of likely N-dealkylation sites (tertiary alicyclic amines) is 2. The van der Waals surface area contributed by atoms with Crippen LogP contribution < -0.4 is 0 Å². The Bertz CT molecular complexity index is 213. The first-order valence-electron chi connectivity index (χ1n) is 6.13. The summed E-state index contributed by atoms with van der Waals surface area (Å²) in [6.07, 6.45) is 0. The molecule has 2 aliphatic rings. The molecule has 0 amide bonds. The summed E-state index contributed by atoms with van der Waals surface area (Å²) in [7, 11) is 0. The van der Waals surface area contributed by atoms with Gasteiger partial charge in [-0.3, -0.25) is 9.80 Å². The van der Waals surface area contributed by atoms with E-state index in [0.29, 0.717) is 16.5 Å². The third kappa shape index (κ3) is 2.28. The molecule has 0 bridgehead atoms. The maximum absolute atomic E-state index is 2.60. The summed E-state index contributed by atoms with van der Waals surface area (Å²) >= 11 is 0. The van der Waals surface area contributed by atoms with Crippen molar-refractivity contribution in [1.29, 1.82) is 0 Å². The Kier molecular flexibility index (Phi) is 3.24. The highest BCUT2D eigenvalue weighted by Crippen LogP contribution is 2.44. The van der Waals surface area contributed by atoms with Crippen molar-refractivity contribution in [3.63, 3.8) is 0 Å². The van der Waals surface area contributed by atoms with Gasteiger partial charge in [-0.25, -0.2) is 0 Å². The van der Waals surface area contributed by atoms with Gasteiger partial charge in [-0.1, -0.05) is 7.43 Å². The van der Waals surface area contributed by atoms with Gasteiger partial charge in [-0.05, 0) is 41.5 Å². The summed E-state index contributed by atoms with van der Waals surface area (Å²) in [5.74, 6) is 0. The van der Waals surface area contributed by atoms with Gasteiger partial charge >= 0.3 is 0 Å². The zero-order valence-corrected chi connectivity index (χ0v) is 11.2. The second kappa shape index (κ2) is 3.71. The van der Waals surface area contributed by atoms with E-state index in [1.165, 1.54) is 26.2 Å². The van der Waals surface area contributed by atoms with Crippen LogP contribution in [-0.4, -0.2) is 47.1 Å². The van der Waals surface area contributed by atoms with Crippen molar-refractivity contribution >= 4 is 0 Å². The minimum absolute atomic E-state index is 0. The van der Waals surface area contributed by atoms with E-state index in [0.717, 1.165) is 0 Å². The van der Waals surface area contributed by atoms with E-state index in [2.05, 4.69) is 51.3 Å². The van der Waals surface area contributed by atoms with E-state index >= 15 is 0 Å². The fourth-order valence-corrected chi connectivity index (χ4v) is 2.68. The minimum Gasteiger partial charge on any atom is -0.297 e. The smallest absolute Gasteiger partial charge is 0.0213 e. The summed E-state index contributed by atoms with van der Waals surface area (Å²) in [4.78, 5) is 5.21. The van der Waals surface area contributed by atoms with Crippen LogP contribution in [0.25, 0.3) is 0 Å². The van der Waals surface area contributed by atoms with Crippen LogP contribution in [0, 0.1) is 5.41 Å². The lowest BCUT2D eigenvalue weighted by Crippen LogP contribution is -2.76. The third-order valence-electron chi connectivity index (χ3n) is 4.00. The molecule has 2 fully saturated rings. The number of hydrogen-bond donors (Lipinski definition) is 0. The van der Waals surface area contributed by atoms with E-state index in [4.69, 9.17) is 0 Å². The van der Waals surface area contributed by atoms with Gasteiger partial charge in [0, 0.05) is 42.7 Å². The largest absolute Gasteiger partial charge is 0.297 e. The molecule has 16 heavy (non-hydrogen) atoms. The molecule has 2 heteroatoms. The van der Waals surface area contributed by atoms with Gasteiger partial charge in [0.1, 0.15) is 0 Å². The Morgan fingerprint density at radius 3 is 1.12 bits per heavy atom.